The number of likely N-dealkylation sites (tertiary alicyclic amines) is 1. The minimum absolute atomic E-state index is 0.0747. The van der Waals surface area contributed by atoms with Crippen molar-refractivity contribution in [3.05, 3.63) is 5.28 Å². The number of carbonyl (C=O) groups is 1. The molecule has 0 unspecified atom stereocenters. The Balaban J connectivity index is 1.43. The van der Waals surface area contributed by atoms with Gasteiger partial charge in [0, 0.05) is 19.1 Å². The average Bonchev–Trinajstić information content (AvgIpc) is 3.18. The summed E-state index contributed by atoms with van der Waals surface area (Å²) in [7, 11) is 2.10. The molecule has 10 heteroatoms. The van der Waals surface area contributed by atoms with Gasteiger partial charge in [0.15, 0.2) is 0 Å². The van der Waals surface area contributed by atoms with Gasteiger partial charge in [0.1, 0.15) is 12.2 Å². The van der Waals surface area contributed by atoms with Crippen LogP contribution in [-0.4, -0.2) is 87.9 Å². The fraction of sp³-hybridized carbons (Fsp3) is 0.800. The van der Waals surface area contributed by atoms with Crippen LogP contribution in [0.1, 0.15) is 46.5 Å². The van der Waals surface area contributed by atoms with Crippen molar-refractivity contribution in [3.63, 3.8) is 0 Å². The van der Waals surface area contributed by atoms with E-state index in [0.717, 1.165) is 25.8 Å². The molecular formula is C20H31ClN6O3. The first-order valence-corrected chi connectivity index (χ1v) is 11.1. The third kappa shape index (κ3) is 4.72. The SMILES string of the molecule is CN1CCC[C@H]1COc1nc(Cl)nc(N2C[C@H]3CC[C@@H](C2)N3C(=O)OC(C)(C)C)n1. The quantitative estimate of drug-likeness (QED) is 0.709. The van der Waals surface area contributed by atoms with Crippen LogP contribution < -0.4 is 9.64 Å². The Morgan fingerprint density at radius 2 is 1.83 bits per heavy atom. The highest BCUT2D eigenvalue weighted by atomic mass is 35.5. The number of anilines is 1. The molecule has 0 radical (unpaired) electrons. The van der Waals surface area contributed by atoms with Crippen molar-refractivity contribution in [2.45, 2.75) is 70.2 Å². The third-order valence-electron chi connectivity index (χ3n) is 6.02. The van der Waals surface area contributed by atoms with Crippen LogP contribution >= 0.6 is 11.6 Å². The van der Waals surface area contributed by atoms with Crippen molar-refractivity contribution in [1.82, 2.24) is 24.8 Å². The molecule has 3 fully saturated rings. The molecule has 0 saturated carbocycles. The van der Waals surface area contributed by atoms with Crippen LogP contribution in [0.4, 0.5) is 10.7 Å². The van der Waals surface area contributed by atoms with Crippen molar-refractivity contribution < 1.29 is 14.3 Å². The number of amides is 1. The van der Waals surface area contributed by atoms with Gasteiger partial charge in [0.2, 0.25) is 11.2 Å². The zero-order valence-corrected chi connectivity index (χ0v) is 18.9. The highest BCUT2D eigenvalue weighted by Crippen LogP contribution is 2.33. The average molecular weight is 439 g/mol. The molecule has 0 aromatic carbocycles. The molecule has 0 N–H and O–H groups in total. The summed E-state index contributed by atoms with van der Waals surface area (Å²) >= 11 is 6.17. The predicted molar refractivity (Wildman–Crippen MR) is 113 cm³/mol. The standard InChI is InChI=1S/C20H31ClN6O3/c1-20(2,3)30-19(28)27-13-7-8-14(27)11-26(10-13)17-22-16(21)23-18(24-17)29-12-15-6-5-9-25(15)4/h13-15H,5-12H2,1-4H3/t13-,14+,15-/m0/s1. The molecule has 3 aliphatic rings. The molecule has 3 atom stereocenters. The van der Waals surface area contributed by atoms with Crippen LogP contribution in [0.25, 0.3) is 0 Å². The van der Waals surface area contributed by atoms with Crippen LogP contribution in [0.5, 0.6) is 6.01 Å². The molecule has 9 nitrogen and oxygen atoms in total. The van der Waals surface area contributed by atoms with Crippen molar-refractivity contribution in [3.8, 4) is 6.01 Å². The summed E-state index contributed by atoms with van der Waals surface area (Å²) < 4.78 is 11.5. The second kappa shape index (κ2) is 8.34. The molecule has 0 aliphatic carbocycles. The van der Waals surface area contributed by atoms with Gasteiger partial charge in [0.05, 0.1) is 12.1 Å². The molecule has 166 valence electrons. The Bertz CT molecular complexity index is 774. The Morgan fingerprint density at radius 1 is 1.13 bits per heavy atom. The van der Waals surface area contributed by atoms with Crippen LogP contribution in [-0.2, 0) is 4.74 Å². The van der Waals surface area contributed by atoms with Gasteiger partial charge < -0.3 is 19.3 Å². The minimum atomic E-state index is -0.505. The summed E-state index contributed by atoms with van der Waals surface area (Å²) in [4.78, 5) is 31.9. The zero-order valence-electron chi connectivity index (χ0n) is 18.2. The summed E-state index contributed by atoms with van der Waals surface area (Å²) in [6.07, 6.45) is 3.93. The molecule has 1 aromatic rings. The largest absolute Gasteiger partial charge is 0.462 e. The zero-order chi connectivity index (χ0) is 21.5. The maximum Gasteiger partial charge on any atom is 0.410 e. The summed E-state index contributed by atoms with van der Waals surface area (Å²) in [6.45, 7) is 8.57. The summed E-state index contributed by atoms with van der Waals surface area (Å²) in [6, 6.07) is 0.778. The van der Waals surface area contributed by atoms with Crippen LogP contribution in [0.2, 0.25) is 5.28 Å². The summed E-state index contributed by atoms with van der Waals surface area (Å²) in [5.41, 5.74) is -0.505. The fourth-order valence-electron chi connectivity index (χ4n) is 4.57. The van der Waals surface area contributed by atoms with Crippen LogP contribution in [0.15, 0.2) is 0 Å². The van der Waals surface area contributed by atoms with Gasteiger partial charge in [-0.05, 0) is 71.6 Å². The molecule has 4 heterocycles. The molecule has 0 spiro atoms. The van der Waals surface area contributed by atoms with E-state index in [4.69, 9.17) is 21.1 Å². The summed E-state index contributed by atoms with van der Waals surface area (Å²) in [5, 5.41) is 0.122. The molecule has 3 aliphatic heterocycles. The van der Waals surface area contributed by atoms with Crippen molar-refractivity contribution in [1.29, 1.82) is 0 Å². The van der Waals surface area contributed by atoms with E-state index in [0.29, 0.717) is 31.7 Å². The lowest BCUT2D eigenvalue weighted by atomic mass is 10.2. The van der Waals surface area contributed by atoms with E-state index in [1.54, 1.807) is 0 Å². The smallest absolute Gasteiger partial charge is 0.410 e. The lowest BCUT2D eigenvalue weighted by molar-refractivity contribution is 0.0122. The number of likely N-dealkylation sites (N-methyl/N-ethyl adjacent to an activating group) is 1. The van der Waals surface area contributed by atoms with Crippen molar-refractivity contribution in [2.24, 2.45) is 0 Å². The number of ether oxygens (including phenoxy) is 2. The predicted octanol–water partition coefficient (Wildman–Crippen LogP) is 2.59. The van der Waals surface area contributed by atoms with Crippen LogP contribution in [0.3, 0.4) is 0 Å². The Morgan fingerprint density at radius 3 is 2.43 bits per heavy atom. The molecule has 3 saturated heterocycles. The number of fused-ring (bicyclic) bond motifs is 2. The van der Waals surface area contributed by atoms with Gasteiger partial charge in [-0.1, -0.05) is 0 Å². The van der Waals surface area contributed by atoms with E-state index in [2.05, 4.69) is 31.8 Å². The molecule has 30 heavy (non-hydrogen) atoms. The number of hydrogen-bond acceptors (Lipinski definition) is 8. The number of nitrogens with zero attached hydrogens (tertiary/aromatic N) is 6. The van der Waals surface area contributed by atoms with E-state index >= 15 is 0 Å². The van der Waals surface area contributed by atoms with E-state index in [-0.39, 0.29) is 29.5 Å². The van der Waals surface area contributed by atoms with Crippen LogP contribution in [0, 0.1) is 0 Å². The first kappa shape index (κ1) is 21.4. The van der Waals surface area contributed by atoms with E-state index < -0.39 is 5.60 Å². The Hall–Kier alpha value is -1.87. The van der Waals surface area contributed by atoms with Gasteiger partial charge in [-0.3, -0.25) is 4.90 Å². The van der Waals surface area contributed by atoms with Gasteiger partial charge in [-0.25, -0.2) is 4.79 Å². The molecule has 4 rings (SSSR count). The molecule has 2 bridgehead atoms. The second-order valence-electron chi connectivity index (χ2n) is 9.45. The van der Waals surface area contributed by atoms with Crippen molar-refractivity contribution >= 4 is 23.6 Å². The Labute approximate surface area is 182 Å². The second-order valence-corrected chi connectivity index (χ2v) is 9.79. The fourth-order valence-corrected chi connectivity index (χ4v) is 4.72. The van der Waals surface area contributed by atoms with Gasteiger partial charge >= 0.3 is 12.1 Å². The number of halogens is 1. The number of hydrogen-bond donors (Lipinski definition) is 0. The van der Waals surface area contributed by atoms with Crippen molar-refractivity contribution in [2.75, 3.05) is 38.2 Å². The van der Waals surface area contributed by atoms with E-state index in [9.17, 15) is 4.79 Å². The van der Waals surface area contributed by atoms with Gasteiger partial charge in [-0.15, -0.1) is 0 Å². The summed E-state index contributed by atoms with van der Waals surface area (Å²) in [5.74, 6) is 0.505. The normalized spacial score (nSPS) is 26.9. The van der Waals surface area contributed by atoms with Gasteiger partial charge in [0.25, 0.3) is 0 Å². The molecule has 1 amide bonds. The number of aromatic nitrogens is 3. The highest BCUT2D eigenvalue weighted by molar-refractivity contribution is 6.28. The lowest BCUT2D eigenvalue weighted by Crippen LogP contribution is -2.57. The number of rotatable bonds is 4. The number of piperazine rings is 1. The van der Waals surface area contributed by atoms with Gasteiger partial charge in [-0.2, -0.15) is 15.0 Å². The monoisotopic (exact) mass is 438 g/mol. The maximum atomic E-state index is 12.7. The topological polar surface area (TPSA) is 83.9 Å². The first-order chi connectivity index (χ1) is 14.2. The first-order valence-electron chi connectivity index (χ1n) is 10.7. The third-order valence-corrected chi connectivity index (χ3v) is 6.19. The highest BCUT2D eigenvalue weighted by Gasteiger charge is 2.45. The Kier molecular flexibility index (Phi) is 5.94. The van der Waals surface area contributed by atoms with E-state index in [1.807, 2.05) is 25.7 Å². The molecular weight excluding hydrogens is 408 g/mol. The minimum Gasteiger partial charge on any atom is -0.462 e. The van der Waals surface area contributed by atoms with E-state index in [1.165, 1.54) is 6.42 Å². The molecule has 1 aromatic heterocycles. The number of carbonyl (C=O) groups excluding carboxylic acids is 1. The lowest BCUT2D eigenvalue weighted by Gasteiger charge is -2.41. The maximum absolute atomic E-state index is 12.7.